The van der Waals surface area contributed by atoms with Gasteiger partial charge in [0.15, 0.2) is 0 Å². The lowest BCUT2D eigenvalue weighted by Gasteiger charge is -2.40. The van der Waals surface area contributed by atoms with Crippen LogP contribution in [0.3, 0.4) is 0 Å². The number of likely N-dealkylation sites (tertiary alicyclic amines) is 1. The average molecular weight is 623 g/mol. The monoisotopic (exact) mass is 621 g/mol. The molecule has 4 rings (SSSR count). The van der Waals surface area contributed by atoms with Crippen molar-refractivity contribution in [2.75, 3.05) is 26.7 Å². The van der Waals surface area contributed by atoms with E-state index in [9.17, 15) is 19.2 Å². The molecule has 1 saturated heterocycles. The van der Waals surface area contributed by atoms with Gasteiger partial charge in [0.1, 0.15) is 11.5 Å². The smallest absolute Gasteiger partial charge is 0.322 e. The highest BCUT2D eigenvalue weighted by molar-refractivity contribution is 6.13. The third kappa shape index (κ3) is 8.03. The number of ether oxygens (including phenoxy) is 1. The maximum atomic E-state index is 13.8. The van der Waals surface area contributed by atoms with Crippen molar-refractivity contribution in [1.82, 2.24) is 25.5 Å². The van der Waals surface area contributed by atoms with Gasteiger partial charge in [0.2, 0.25) is 11.8 Å². The Morgan fingerprint density at radius 2 is 1.81 bits per heavy atom. The summed E-state index contributed by atoms with van der Waals surface area (Å²) in [6.45, 7) is 3.36. The molecule has 3 heterocycles. The summed E-state index contributed by atoms with van der Waals surface area (Å²) in [4.78, 5) is 58.1. The van der Waals surface area contributed by atoms with Gasteiger partial charge in [-0.25, -0.2) is 9.80 Å². The number of pyridine rings is 1. The molecule has 0 saturated carbocycles. The van der Waals surface area contributed by atoms with Gasteiger partial charge in [0.25, 0.3) is 5.91 Å². The Morgan fingerprint density at radius 3 is 2.45 bits per heavy atom. The summed E-state index contributed by atoms with van der Waals surface area (Å²) in [6.07, 6.45) is 2.32. The van der Waals surface area contributed by atoms with E-state index < -0.39 is 34.8 Å². The molecule has 0 bridgehead atoms. The maximum absolute atomic E-state index is 13.8. The number of fused-ring (bicyclic) bond motifs is 1. The normalized spacial score (nSPS) is 18.6. The second-order valence-electron chi connectivity index (χ2n) is 10.7. The van der Waals surface area contributed by atoms with Crippen LogP contribution in [-0.4, -0.2) is 82.7 Å². The van der Waals surface area contributed by atoms with Crippen LogP contribution in [0.1, 0.15) is 31.5 Å². The van der Waals surface area contributed by atoms with Crippen molar-refractivity contribution < 1.29 is 23.9 Å². The highest BCUT2D eigenvalue weighted by atomic mass is 35.5. The predicted octanol–water partition coefficient (Wildman–Crippen LogP) is 1.66. The maximum Gasteiger partial charge on any atom is 0.322 e. The van der Waals surface area contributed by atoms with E-state index in [-0.39, 0.29) is 56.9 Å². The first-order valence-electron chi connectivity index (χ1n) is 13.1. The number of rotatable bonds is 9. The summed E-state index contributed by atoms with van der Waals surface area (Å²) in [7, 11) is 1.60. The molecule has 2 aliphatic rings. The molecule has 2 aliphatic heterocycles. The molecule has 1 aromatic carbocycles. The Bertz CT molecular complexity index is 1290. The van der Waals surface area contributed by atoms with Crippen molar-refractivity contribution in [1.29, 1.82) is 0 Å². The number of nitrogens with two attached hydrogens (primary N) is 1. The number of carbonyl (C=O) groups excluding carboxylic acids is 4. The first kappa shape index (κ1) is 34.6. The van der Waals surface area contributed by atoms with Crippen LogP contribution in [0.5, 0.6) is 0 Å². The highest BCUT2D eigenvalue weighted by Gasteiger charge is 2.54. The van der Waals surface area contributed by atoms with Crippen molar-refractivity contribution in [3.63, 3.8) is 0 Å². The summed E-state index contributed by atoms with van der Waals surface area (Å²) in [5.74, 6) is -1.36. The number of hydrogen-bond acceptors (Lipinski definition) is 8. The fraction of sp³-hybridized carbons (Fsp3) is 0.429. The molecule has 2 aromatic rings. The zero-order chi connectivity index (χ0) is 28.9. The second-order valence-corrected chi connectivity index (χ2v) is 10.7. The number of hydrazone groups is 1. The summed E-state index contributed by atoms with van der Waals surface area (Å²) in [6, 6.07) is 12.9. The van der Waals surface area contributed by atoms with Crippen molar-refractivity contribution >= 4 is 54.3 Å². The molecule has 12 nitrogen and oxygen atoms in total. The molecule has 228 valence electrons. The van der Waals surface area contributed by atoms with E-state index in [1.165, 1.54) is 18.9 Å². The lowest BCUT2D eigenvalue weighted by molar-refractivity contribution is -0.141. The second kappa shape index (κ2) is 14.5. The fourth-order valence-corrected chi connectivity index (χ4v) is 4.81. The van der Waals surface area contributed by atoms with Crippen LogP contribution >= 0.6 is 24.8 Å². The lowest BCUT2D eigenvalue weighted by Crippen LogP contribution is -2.61. The van der Waals surface area contributed by atoms with Gasteiger partial charge in [-0.2, -0.15) is 5.10 Å². The largest absolute Gasteiger partial charge is 0.374 e. The quantitative estimate of drug-likeness (QED) is 0.384. The van der Waals surface area contributed by atoms with Crippen LogP contribution in [0, 0.1) is 5.41 Å². The number of aromatic nitrogens is 1. The SMILES string of the molecule is CN1N=C2CCN(C(=O)[C@@H](COCc3ccccc3)NC(=O)NC(=O)C(C)(C)N)C[C@]2(Cc2ccccn2)C1=O.Cl.Cl. The molecule has 1 aromatic heterocycles. The van der Waals surface area contributed by atoms with Crippen LogP contribution in [0.25, 0.3) is 0 Å². The van der Waals surface area contributed by atoms with E-state index in [0.29, 0.717) is 24.4 Å². The number of carbonyl (C=O) groups is 4. The van der Waals surface area contributed by atoms with Crippen LogP contribution in [0.4, 0.5) is 4.79 Å². The third-order valence-electron chi connectivity index (χ3n) is 6.94. The Kier molecular flexibility index (Phi) is 12.0. The van der Waals surface area contributed by atoms with Crippen LogP contribution in [-0.2, 0) is 32.1 Å². The van der Waals surface area contributed by atoms with Gasteiger partial charge in [-0.05, 0) is 31.5 Å². The molecule has 5 amide bonds. The number of amides is 5. The van der Waals surface area contributed by atoms with Crippen molar-refractivity contribution in [2.45, 2.75) is 44.9 Å². The van der Waals surface area contributed by atoms with Crippen LogP contribution < -0.4 is 16.4 Å². The molecular formula is C28H37Cl2N7O5. The molecule has 0 spiro atoms. The first-order chi connectivity index (χ1) is 19.0. The molecule has 42 heavy (non-hydrogen) atoms. The number of hydrogen-bond donors (Lipinski definition) is 3. The van der Waals surface area contributed by atoms with Gasteiger partial charge in [-0.3, -0.25) is 24.7 Å². The van der Waals surface area contributed by atoms with Crippen LogP contribution in [0.2, 0.25) is 0 Å². The Balaban J connectivity index is 0.00000308. The van der Waals surface area contributed by atoms with Crippen molar-refractivity contribution in [2.24, 2.45) is 16.3 Å². The summed E-state index contributed by atoms with van der Waals surface area (Å²) < 4.78 is 5.80. The molecule has 14 heteroatoms. The van der Waals surface area contributed by atoms with Gasteiger partial charge >= 0.3 is 6.03 Å². The van der Waals surface area contributed by atoms with E-state index in [4.69, 9.17) is 10.5 Å². The summed E-state index contributed by atoms with van der Waals surface area (Å²) in [5, 5.41) is 10.5. The van der Waals surface area contributed by atoms with E-state index in [2.05, 4.69) is 20.7 Å². The van der Waals surface area contributed by atoms with Gasteiger partial charge in [-0.15, -0.1) is 24.8 Å². The molecular weight excluding hydrogens is 585 g/mol. The molecule has 0 aliphatic carbocycles. The third-order valence-corrected chi connectivity index (χ3v) is 6.94. The Labute approximate surface area is 257 Å². The zero-order valence-electron chi connectivity index (χ0n) is 23.7. The number of urea groups is 1. The number of nitrogens with zero attached hydrogens (tertiary/aromatic N) is 4. The van der Waals surface area contributed by atoms with Crippen molar-refractivity contribution in [3.8, 4) is 0 Å². The number of benzene rings is 1. The molecule has 0 radical (unpaired) electrons. The van der Waals surface area contributed by atoms with Gasteiger partial charge in [0, 0.05) is 44.9 Å². The topological polar surface area (TPSA) is 159 Å². The highest BCUT2D eigenvalue weighted by Crippen LogP contribution is 2.38. The molecule has 1 fully saturated rings. The van der Waals surface area contributed by atoms with E-state index in [1.807, 2.05) is 42.5 Å². The fourth-order valence-electron chi connectivity index (χ4n) is 4.81. The minimum atomic E-state index is -1.30. The van der Waals surface area contributed by atoms with Gasteiger partial charge in [0.05, 0.1) is 24.5 Å². The molecule has 4 N–H and O–H groups in total. The average Bonchev–Trinajstić information content (AvgIpc) is 3.17. The first-order valence-corrected chi connectivity index (χ1v) is 13.1. The molecule has 2 atom stereocenters. The Hall–Kier alpha value is -3.58. The van der Waals surface area contributed by atoms with Crippen LogP contribution in [0.15, 0.2) is 59.8 Å². The van der Waals surface area contributed by atoms with E-state index in [1.54, 1.807) is 24.2 Å². The summed E-state index contributed by atoms with van der Waals surface area (Å²) >= 11 is 0. The summed E-state index contributed by atoms with van der Waals surface area (Å²) in [5.41, 5.74) is 5.73. The number of piperidine rings is 1. The number of nitrogens with one attached hydrogen (secondary N) is 2. The minimum absolute atomic E-state index is 0. The standard InChI is InChI=1S/C28H35N7O5.2ClH/c1-27(2,29)24(37)32-26(39)31-21(17-40-16-19-9-5-4-6-10-19)23(36)35-14-12-22-28(18-35,25(38)34(3)33-22)15-20-11-7-8-13-30-20;;/h4-11,13,21H,12,14-18,29H2,1-3H3,(H2,31,32,37,39);2*1H/t21-,28+;;/m1../s1. The van der Waals surface area contributed by atoms with Gasteiger partial charge in [-0.1, -0.05) is 36.4 Å². The molecule has 0 unspecified atom stereocenters. The zero-order valence-corrected chi connectivity index (χ0v) is 25.4. The predicted molar refractivity (Wildman–Crippen MR) is 161 cm³/mol. The van der Waals surface area contributed by atoms with Crippen molar-refractivity contribution in [3.05, 3.63) is 66.0 Å². The van der Waals surface area contributed by atoms with E-state index >= 15 is 0 Å². The lowest BCUT2D eigenvalue weighted by atomic mass is 9.74. The van der Waals surface area contributed by atoms with E-state index in [0.717, 1.165) is 5.56 Å². The Morgan fingerprint density at radius 1 is 1.12 bits per heavy atom. The van der Waals surface area contributed by atoms with Gasteiger partial charge < -0.3 is 20.7 Å². The number of imide groups is 1. The number of halogens is 2. The minimum Gasteiger partial charge on any atom is -0.374 e.